The highest BCUT2D eigenvalue weighted by Crippen LogP contribution is 2.12. The van der Waals surface area contributed by atoms with E-state index < -0.39 is 0 Å². The molecule has 0 aromatic heterocycles. The summed E-state index contributed by atoms with van der Waals surface area (Å²) in [6.45, 7) is 8.30. The van der Waals surface area contributed by atoms with Crippen molar-refractivity contribution in [1.82, 2.24) is 9.80 Å². The largest absolute Gasteiger partial charge is 0.392 e. The standard InChI is InChI=1S/C20H24N2O2.C2H6/c23-16-19-8-4-7-18(13-19)15-21-9-11-22(12-10-21)20(24)14-17-5-2-1-3-6-17;1-2/h1-8,13,23H,9-12,14-16H2;1-2H3. The van der Waals surface area contributed by atoms with Gasteiger partial charge in [-0.2, -0.15) is 0 Å². The number of piperazine rings is 1. The number of carbonyl (C=O) groups excluding carboxylic acids is 1. The van der Waals surface area contributed by atoms with Gasteiger partial charge in [-0.3, -0.25) is 9.69 Å². The van der Waals surface area contributed by atoms with Crippen LogP contribution in [0.15, 0.2) is 54.6 Å². The van der Waals surface area contributed by atoms with Crippen molar-refractivity contribution in [1.29, 1.82) is 0 Å². The number of rotatable bonds is 5. The van der Waals surface area contributed by atoms with Crippen LogP contribution in [0.25, 0.3) is 0 Å². The highest BCUT2D eigenvalue weighted by Gasteiger charge is 2.21. The minimum Gasteiger partial charge on any atom is -0.392 e. The van der Waals surface area contributed by atoms with Gasteiger partial charge in [0.05, 0.1) is 13.0 Å². The molecule has 1 N–H and O–H groups in total. The van der Waals surface area contributed by atoms with Crippen LogP contribution < -0.4 is 0 Å². The number of aliphatic hydroxyl groups excluding tert-OH is 1. The van der Waals surface area contributed by atoms with E-state index >= 15 is 0 Å². The summed E-state index contributed by atoms with van der Waals surface area (Å²) in [5.74, 6) is 0.211. The van der Waals surface area contributed by atoms with Gasteiger partial charge in [0, 0.05) is 32.7 Å². The molecule has 2 aromatic carbocycles. The highest BCUT2D eigenvalue weighted by atomic mass is 16.3. The fraction of sp³-hybridized carbons (Fsp3) is 0.409. The van der Waals surface area contributed by atoms with Crippen molar-refractivity contribution < 1.29 is 9.90 Å². The Morgan fingerprint density at radius 3 is 2.15 bits per heavy atom. The van der Waals surface area contributed by atoms with E-state index in [0.717, 1.165) is 43.9 Å². The molecule has 1 saturated heterocycles. The fourth-order valence-corrected chi connectivity index (χ4v) is 3.12. The van der Waals surface area contributed by atoms with Crippen LogP contribution in [0.2, 0.25) is 0 Å². The van der Waals surface area contributed by atoms with Crippen molar-refractivity contribution in [2.75, 3.05) is 26.2 Å². The summed E-state index contributed by atoms with van der Waals surface area (Å²) in [6.07, 6.45) is 0.486. The Kier molecular flexibility index (Phi) is 8.32. The first-order valence-electron chi connectivity index (χ1n) is 9.47. The number of nitrogens with zero attached hydrogens (tertiary/aromatic N) is 2. The number of amides is 1. The first-order chi connectivity index (χ1) is 12.7. The minimum absolute atomic E-state index is 0.0790. The van der Waals surface area contributed by atoms with Gasteiger partial charge in [-0.25, -0.2) is 0 Å². The number of hydrogen-bond acceptors (Lipinski definition) is 3. The second-order valence-corrected chi connectivity index (χ2v) is 6.30. The average molecular weight is 354 g/mol. The van der Waals surface area contributed by atoms with E-state index in [1.54, 1.807) is 0 Å². The van der Waals surface area contributed by atoms with Crippen molar-refractivity contribution in [2.45, 2.75) is 33.4 Å². The molecule has 1 amide bonds. The van der Waals surface area contributed by atoms with Gasteiger partial charge in [-0.1, -0.05) is 68.4 Å². The molecule has 3 rings (SSSR count). The maximum Gasteiger partial charge on any atom is 0.227 e. The Hall–Kier alpha value is -2.17. The van der Waals surface area contributed by atoms with Crippen LogP contribution >= 0.6 is 0 Å². The highest BCUT2D eigenvalue weighted by molar-refractivity contribution is 5.78. The predicted molar refractivity (Wildman–Crippen MR) is 106 cm³/mol. The van der Waals surface area contributed by atoms with E-state index in [0.29, 0.717) is 6.42 Å². The number of hydrogen-bond donors (Lipinski definition) is 1. The summed E-state index contributed by atoms with van der Waals surface area (Å²) >= 11 is 0. The van der Waals surface area contributed by atoms with E-state index in [1.807, 2.05) is 67.3 Å². The normalized spacial score (nSPS) is 14.5. The van der Waals surface area contributed by atoms with Crippen LogP contribution in [0.5, 0.6) is 0 Å². The third-order valence-corrected chi connectivity index (χ3v) is 4.50. The zero-order valence-electron chi connectivity index (χ0n) is 15.9. The zero-order valence-corrected chi connectivity index (χ0v) is 15.9. The van der Waals surface area contributed by atoms with Crippen molar-refractivity contribution in [2.24, 2.45) is 0 Å². The summed E-state index contributed by atoms with van der Waals surface area (Å²) in [5, 5.41) is 9.23. The molecule has 140 valence electrons. The first-order valence-corrected chi connectivity index (χ1v) is 9.47. The van der Waals surface area contributed by atoms with Gasteiger partial charge >= 0.3 is 0 Å². The SMILES string of the molecule is CC.O=C(Cc1ccccc1)N1CCN(Cc2cccc(CO)c2)CC1. The summed E-state index contributed by atoms with van der Waals surface area (Å²) in [6, 6.07) is 18.0. The van der Waals surface area contributed by atoms with E-state index in [1.165, 1.54) is 5.56 Å². The Balaban J connectivity index is 0.00000117. The molecule has 1 fully saturated rings. The van der Waals surface area contributed by atoms with Gasteiger partial charge < -0.3 is 10.0 Å². The lowest BCUT2D eigenvalue weighted by Crippen LogP contribution is -2.48. The third-order valence-electron chi connectivity index (χ3n) is 4.50. The number of benzene rings is 2. The molecule has 0 saturated carbocycles. The average Bonchev–Trinajstić information content (AvgIpc) is 2.71. The second kappa shape index (κ2) is 10.7. The van der Waals surface area contributed by atoms with Crippen LogP contribution in [0.1, 0.15) is 30.5 Å². The van der Waals surface area contributed by atoms with Crippen LogP contribution in [-0.4, -0.2) is 47.0 Å². The van der Waals surface area contributed by atoms with Crippen LogP contribution in [-0.2, 0) is 24.4 Å². The van der Waals surface area contributed by atoms with E-state index in [2.05, 4.69) is 11.0 Å². The Morgan fingerprint density at radius 1 is 0.885 bits per heavy atom. The molecular weight excluding hydrogens is 324 g/mol. The molecule has 4 heteroatoms. The molecule has 4 nitrogen and oxygen atoms in total. The maximum absolute atomic E-state index is 12.4. The van der Waals surface area contributed by atoms with Gasteiger partial charge in [0.2, 0.25) is 5.91 Å². The van der Waals surface area contributed by atoms with Crippen LogP contribution in [0.4, 0.5) is 0 Å². The molecule has 1 aliphatic rings. The van der Waals surface area contributed by atoms with Gasteiger partial charge in [0.25, 0.3) is 0 Å². The van der Waals surface area contributed by atoms with Crippen molar-refractivity contribution in [3.8, 4) is 0 Å². The lowest BCUT2D eigenvalue weighted by Gasteiger charge is -2.35. The Labute approximate surface area is 157 Å². The lowest BCUT2D eigenvalue weighted by molar-refractivity contribution is -0.132. The Bertz CT molecular complexity index is 665. The molecule has 0 spiro atoms. The maximum atomic E-state index is 12.4. The molecular formula is C22H30N2O2. The van der Waals surface area contributed by atoms with Crippen molar-refractivity contribution in [3.63, 3.8) is 0 Å². The molecule has 0 atom stereocenters. The monoisotopic (exact) mass is 354 g/mol. The molecule has 0 aliphatic carbocycles. The fourth-order valence-electron chi connectivity index (χ4n) is 3.12. The number of carbonyl (C=O) groups is 1. The smallest absolute Gasteiger partial charge is 0.227 e. The van der Waals surface area contributed by atoms with Gasteiger partial charge in [-0.05, 0) is 16.7 Å². The van der Waals surface area contributed by atoms with Crippen molar-refractivity contribution >= 4 is 5.91 Å². The molecule has 0 unspecified atom stereocenters. The second-order valence-electron chi connectivity index (χ2n) is 6.30. The molecule has 26 heavy (non-hydrogen) atoms. The van der Waals surface area contributed by atoms with Crippen molar-refractivity contribution in [3.05, 3.63) is 71.3 Å². The van der Waals surface area contributed by atoms with Gasteiger partial charge in [0.1, 0.15) is 0 Å². The first kappa shape index (κ1) is 20.1. The van der Waals surface area contributed by atoms with E-state index in [4.69, 9.17) is 0 Å². The quantitative estimate of drug-likeness (QED) is 0.897. The lowest BCUT2D eigenvalue weighted by atomic mass is 10.1. The summed E-state index contributed by atoms with van der Waals surface area (Å²) < 4.78 is 0. The number of aliphatic hydroxyl groups is 1. The zero-order chi connectivity index (χ0) is 18.8. The molecule has 0 bridgehead atoms. The summed E-state index contributed by atoms with van der Waals surface area (Å²) in [5.41, 5.74) is 3.24. The third kappa shape index (κ3) is 5.97. The molecule has 0 radical (unpaired) electrons. The summed E-state index contributed by atoms with van der Waals surface area (Å²) in [4.78, 5) is 16.7. The van der Waals surface area contributed by atoms with E-state index in [-0.39, 0.29) is 12.5 Å². The summed E-state index contributed by atoms with van der Waals surface area (Å²) in [7, 11) is 0. The minimum atomic E-state index is 0.0790. The van der Waals surface area contributed by atoms with Gasteiger partial charge in [-0.15, -0.1) is 0 Å². The van der Waals surface area contributed by atoms with Crippen LogP contribution in [0.3, 0.4) is 0 Å². The topological polar surface area (TPSA) is 43.8 Å². The molecule has 2 aromatic rings. The van der Waals surface area contributed by atoms with E-state index in [9.17, 15) is 9.90 Å². The van der Waals surface area contributed by atoms with Crippen LogP contribution in [0, 0.1) is 0 Å². The Morgan fingerprint density at radius 2 is 1.50 bits per heavy atom. The molecule has 1 aliphatic heterocycles. The predicted octanol–water partition coefficient (Wildman–Crippen LogP) is 3.09. The molecule has 1 heterocycles. The van der Waals surface area contributed by atoms with Gasteiger partial charge in [0.15, 0.2) is 0 Å².